The van der Waals surface area contributed by atoms with Crippen molar-refractivity contribution >= 4 is 11.9 Å². The number of nitrogens with one attached hydrogen (secondary N) is 1. The van der Waals surface area contributed by atoms with E-state index in [2.05, 4.69) is 0 Å². The van der Waals surface area contributed by atoms with Gasteiger partial charge in [-0.25, -0.2) is 0 Å². The zero-order valence-electron chi connectivity index (χ0n) is 6.22. The first-order chi connectivity index (χ1) is 4.16. The van der Waals surface area contributed by atoms with Gasteiger partial charge in [-0.2, -0.15) is 0 Å². The number of carbonyl (C=O) groups is 2. The van der Waals surface area contributed by atoms with E-state index in [4.69, 9.17) is 5.73 Å². The number of aliphatic carboxylic acids is 1. The van der Waals surface area contributed by atoms with Gasteiger partial charge in [-0.15, -0.1) is 0 Å². The summed E-state index contributed by atoms with van der Waals surface area (Å²) in [6.07, 6.45) is 0. The van der Waals surface area contributed by atoms with Gasteiger partial charge in [0.1, 0.15) is 0 Å². The maximum absolute atomic E-state index is 10.2. The second kappa shape index (κ2) is 9.86. The molecule has 6 nitrogen and oxygen atoms in total. The molecule has 0 rings (SSSR count). The number of carboxylic acids is 1. The molecule has 5 N–H and O–H groups in total. The molecule has 0 saturated carbocycles. The van der Waals surface area contributed by atoms with Crippen LogP contribution in [0.3, 0.4) is 0 Å². The number of nitrogens with two attached hydrogens (primary N) is 1. The Morgan fingerprint density at radius 3 is 2.18 bits per heavy atom. The molecule has 0 aliphatic heterocycles. The predicted molar refractivity (Wildman–Crippen MR) is 30.7 cm³/mol. The van der Waals surface area contributed by atoms with Crippen molar-refractivity contribution in [1.29, 1.82) is 0 Å². The standard InChI is InChI=1S/C4H8N2O3.Na.H2O/c5-1-3(7)6-2-4(8)9;;/h1-2,5H2,(H,6,7)(H,8,9);;1H2/q;+1;/p-1. The molecule has 1 amide bonds. The third-order valence-electron chi connectivity index (χ3n) is 0.615. The minimum atomic E-state index is -1.32. The minimum absolute atomic E-state index is 0. The van der Waals surface area contributed by atoms with E-state index in [0.29, 0.717) is 0 Å². The Morgan fingerprint density at radius 2 is 1.91 bits per heavy atom. The smallest absolute Gasteiger partial charge is 0.548 e. The molecule has 0 atom stereocenters. The zero-order chi connectivity index (χ0) is 7.28. The average Bonchev–Trinajstić information content (AvgIpc) is 1.83. The van der Waals surface area contributed by atoms with Crippen LogP contribution in [0.1, 0.15) is 0 Å². The third kappa shape index (κ3) is 12.9. The van der Waals surface area contributed by atoms with E-state index >= 15 is 0 Å². The molecule has 7 heteroatoms. The van der Waals surface area contributed by atoms with Crippen molar-refractivity contribution in [2.24, 2.45) is 5.73 Å². The second-order valence-corrected chi connectivity index (χ2v) is 1.35. The molecule has 0 bridgehead atoms. The molecule has 60 valence electrons. The molecule has 0 spiro atoms. The van der Waals surface area contributed by atoms with Gasteiger partial charge in [0.15, 0.2) is 0 Å². The van der Waals surface area contributed by atoms with E-state index < -0.39 is 18.4 Å². The Balaban J connectivity index is -0.000000320. The first-order valence-corrected chi connectivity index (χ1v) is 2.33. The van der Waals surface area contributed by atoms with Crippen molar-refractivity contribution in [3.8, 4) is 0 Å². The van der Waals surface area contributed by atoms with Crippen LogP contribution in [-0.2, 0) is 9.59 Å². The van der Waals surface area contributed by atoms with E-state index in [1.807, 2.05) is 5.32 Å². The van der Waals surface area contributed by atoms with Crippen LogP contribution >= 0.6 is 0 Å². The van der Waals surface area contributed by atoms with Crippen LogP contribution in [0, 0.1) is 0 Å². The molecule has 0 aliphatic carbocycles. The fourth-order valence-electron chi connectivity index (χ4n) is 0.243. The molecular formula is C4H9N2NaO4. The van der Waals surface area contributed by atoms with E-state index in [9.17, 15) is 14.7 Å². The summed E-state index contributed by atoms with van der Waals surface area (Å²) in [6, 6.07) is 0. The molecule has 0 unspecified atom stereocenters. The van der Waals surface area contributed by atoms with Crippen LogP contribution in [0.4, 0.5) is 0 Å². The molecule has 0 heterocycles. The predicted octanol–water partition coefficient (Wildman–Crippen LogP) is -7.01. The van der Waals surface area contributed by atoms with Crippen molar-refractivity contribution in [2.45, 2.75) is 0 Å². The van der Waals surface area contributed by atoms with Crippen molar-refractivity contribution in [3.05, 3.63) is 0 Å². The van der Waals surface area contributed by atoms with E-state index in [0.717, 1.165) is 0 Å². The average molecular weight is 172 g/mol. The van der Waals surface area contributed by atoms with Crippen molar-refractivity contribution in [1.82, 2.24) is 5.32 Å². The Morgan fingerprint density at radius 1 is 1.45 bits per heavy atom. The molecule has 0 radical (unpaired) electrons. The first-order valence-electron chi connectivity index (χ1n) is 2.33. The Kier molecular flexibility index (Phi) is 15.3. The Hall–Kier alpha value is -0.140. The van der Waals surface area contributed by atoms with Gasteiger partial charge in [-0.05, 0) is 0 Å². The summed E-state index contributed by atoms with van der Waals surface area (Å²) in [5.74, 6) is -1.82. The van der Waals surface area contributed by atoms with Gasteiger partial charge in [0.2, 0.25) is 5.91 Å². The fourth-order valence-corrected chi connectivity index (χ4v) is 0.243. The number of hydrogen-bond acceptors (Lipinski definition) is 4. The molecule has 0 fully saturated rings. The molecule has 0 aromatic rings. The summed E-state index contributed by atoms with van der Waals surface area (Å²) in [6.45, 7) is -0.677. The van der Waals surface area contributed by atoms with Crippen LogP contribution < -0.4 is 45.7 Å². The maximum Gasteiger partial charge on any atom is 1.00 e. The van der Waals surface area contributed by atoms with Gasteiger partial charge in [0, 0.05) is 0 Å². The van der Waals surface area contributed by atoms with Crippen molar-refractivity contribution < 1.29 is 49.7 Å². The number of rotatable bonds is 3. The maximum atomic E-state index is 10.2. The summed E-state index contributed by atoms with van der Waals surface area (Å²) >= 11 is 0. The molecule has 0 aliphatic rings. The summed E-state index contributed by atoms with van der Waals surface area (Å²) in [4.78, 5) is 19.8. The summed E-state index contributed by atoms with van der Waals surface area (Å²) < 4.78 is 0. The van der Waals surface area contributed by atoms with Gasteiger partial charge >= 0.3 is 29.6 Å². The number of hydrogen-bond donors (Lipinski definition) is 2. The van der Waals surface area contributed by atoms with Gasteiger partial charge in [-0.1, -0.05) is 0 Å². The van der Waals surface area contributed by atoms with E-state index in [1.54, 1.807) is 0 Å². The number of amides is 1. The van der Waals surface area contributed by atoms with Gasteiger partial charge in [-0.3, -0.25) is 4.79 Å². The van der Waals surface area contributed by atoms with Gasteiger partial charge in [0.05, 0.1) is 19.1 Å². The molecule has 11 heavy (non-hydrogen) atoms. The van der Waals surface area contributed by atoms with Crippen LogP contribution in [0.2, 0.25) is 0 Å². The normalized spacial score (nSPS) is 7.00. The summed E-state index contributed by atoms with van der Waals surface area (Å²) in [5, 5.41) is 11.7. The molecule has 0 aromatic carbocycles. The third-order valence-corrected chi connectivity index (χ3v) is 0.615. The number of carboxylic acid groups (broad SMARTS) is 1. The van der Waals surface area contributed by atoms with E-state index in [-0.39, 0.29) is 41.6 Å². The Bertz CT molecular complexity index is 129. The molecular weight excluding hydrogens is 163 g/mol. The van der Waals surface area contributed by atoms with Crippen molar-refractivity contribution in [3.63, 3.8) is 0 Å². The summed E-state index contributed by atoms with van der Waals surface area (Å²) in [7, 11) is 0. The second-order valence-electron chi connectivity index (χ2n) is 1.35. The SMILES string of the molecule is NCC(=O)NCC(=O)[O-].O.[Na+]. The largest absolute Gasteiger partial charge is 1.00 e. The minimum Gasteiger partial charge on any atom is -0.548 e. The van der Waals surface area contributed by atoms with E-state index in [1.165, 1.54) is 0 Å². The van der Waals surface area contributed by atoms with Gasteiger partial charge in [0.25, 0.3) is 0 Å². The van der Waals surface area contributed by atoms with Crippen LogP contribution in [0.15, 0.2) is 0 Å². The molecule has 0 saturated heterocycles. The van der Waals surface area contributed by atoms with Crippen molar-refractivity contribution in [2.75, 3.05) is 13.1 Å². The fraction of sp³-hybridized carbons (Fsp3) is 0.500. The number of carbonyl (C=O) groups excluding carboxylic acids is 2. The van der Waals surface area contributed by atoms with Crippen LogP contribution in [0.5, 0.6) is 0 Å². The topological polar surface area (TPSA) is 127 Å². The van der Waals surface area contributed by atoms with Crippen LogP contribution in [0.25, 0.3) is 0 Å². The zero-order valence-corrected chi connectivity index (χ0v) is 8.22. The Labute approximate surface area is 85.7 Å². The monoisotopic (exact) mass is 172 g/mol. The van der Waals surface area contributed by atoms with Crippen LogP contribution in [-0.4, -0.2) is 30.4 Å². The molecule has 0 aromatic heterocycles. The first kappa shape index (κ1) is 17.1. The van der Waals surface area contributed by atoms with Gasteiger partial charge < -0.3 is 26.4 Å². The summed E-state index contributed by atoms with van der Waals surface area (Å²) in [5.41, 5.74) is 4.83. The quantitative estimate of drug-likeness (QED) is 0.410.